The molecule has 4 nitrogen and oxygen atoms in total. The van der Waals surface area contributed by atoms with E-state index >= 15 is 0 Å². The second-order valence-electron chi connectivity index (χ2n) is 5.12. The number of piperidine rings is 1. The fourth-order valence-corrected chi connectivity index (χ4v) is 2.42. The van der Waals surface area contributed by atoms with Crippen LogP contribution in [0.15, 0.2) is 18.2 Å². The van der Waals surface area contributed by atoms with E-state index in [9.17, 15) is 14.3 Å². The van der Waals surface area contributed by atoms with Crippen LogP contribution >= 0.6 is 0 Å². The van der Waals surface area contributed by atoms with Gasteiger partial charge in [-0.2, -0.15) is 0 Å². The second-order valence-corrected chi connectivity index (χ2v) is 5.12. The molecule has 1 aromatic rings. The molecule has 0 aromatic heterocycles. The van der Waals surface area contributed by atoms with Gasteiger partial charge in [-0.05, 0) is 25.3 Å². The molecule has 0 atom stereocenters. The summed E-state index contributed by atoms with van der Waals surface area (Å²) in [6.07, 6.45) is 3.84. The lowest BCUT2D eigenvalue weighted by molar-refractivity contribution is -0.131. The van der Waals surface area contributed by atoms with Crippen molar-refractivity contribution in [1.29, 1.82) is 0 Å². The molecule has 110 valence electrons. The van der Waals surface area contributed by atoms with Crippen LogP contribution in [0.25, 0.3) is 0 Å². The van der Waals surface area contributed by atoms with Gasteiger partial charge < -0.3 is 15.3 Å². The minimum absolute atomic E-state index is 0.167. The van der Waals surface area contributed by atoms with E-state index in [-0.39, 0.29) is 11.7 Å². The molecule has 2 N–H and O–H groups in total. The molecule has 20 heavy (non-hydrogen) atoms. The molecule has 1 amide bonds. The number of likely N-dealkylation sites (tertiary alicyclic amines) is 1. The normalized spacial score (nSPS) is 15.3. The van der Waals surface area contributed by atoms with Crippen molar-refractivity contribution >= 4 is 5.91 Å². The van der Waals surface area contributed by atoms with Gasteiger partial charge in [-0.3, -0.25) is 4.79 Å². The molecule has 1 saturated heterocycles. The molecule has 0 bridgehead atoms. The van der Waals surface area contributed by atoms with E-state index < -0.39 is 5.82 Å². The van der Waals surface area contributed by atoms with Crippen LogP contribution in [0.4, 0.5) is 4.39 Å². The van der Waals surface area contributed by atoms with Crippen molar-refractivity contribution in [2.24, 2.45) is 0 Å². The molecule has 1 aliphatic heterocycles. The van der Waals surface area contributed by atoms with Crippen molar-refractivity contribution in [2.75, 3.05) is 19.6 Å². The maximum Gasteiger partial charge on any atom is 0.223 e. The van der Waals surface area contributed by atoms with Gasteiger partial charge in [0.05, 0.1) is 0 Å². The molecule has 0 saturated carbocycles. The molecule has 5 heteroatoms. The predicted molar refractivity (Wildman–Crippen MR) is 74.8 cm³/mol. The summed E-state index contributed by atoms with van der Waals surface area (Å²) in [5, 5.41) is 12.6. The molecule has 1 fully saturated rings. The second kappa shape index (κ2) is 7.24. The van der Waals surface area contributed by atoms with Crippen molar-refractivity contribution < 1.29 is 14.3 Å². The summed E-state index contributed by atoms with van der Waals surface area (Å²) in [6.45, 7) is 2.62. The van der Waals surface area contributed by atoms with E-state index in [1.54, 1.807) is 12.1 Å². The van der Waals surface area contributed by atoms with Gasteiger partial charge in [-0.15, -0.1) is 0 Å². The topological polar surface area (TPSA) is 52.6 Å². The van der Waals surface area contributed by atoms with Crippen LogP contribution < -0.4 is 5.32 Å². The Bertz CT molecular complexity index is 459. The van der Waals surface area contributed by atoms with E-state index in [4.69, 9.17) is 0 Å². The first kappa shape index (κ1) is 14.8. The van der Waals surface area contributed by atoms with Crippen LogP contribution in [0.2, 0.25) is 0 Å². The van der Waals surface area contributed by atoms with E-state index in [0.29, 0.717) is 25.1 Å². The lowest BCUT2D eigenvalue weighted by atomic mass is 10.1. The van der Waals surface area contributed by atoms with E-state index in [0.717, 1.165) is 25.9 Å². The first-order chi connectivity index (χ1) is 9.68. The number of nitrogens with zero attached hydrogens (tertiary/aromatic N) is 1. The quantitative estimate of drug-likeness (QED) is 0.811. The Labute approximate surface area is 118 Å². The Balaban J connectivity index is 1.70. The zero-order chi connectivity index (χ0) is 14.4. The predicted octanol–water partition coefficient (Wildman–Crippen LogP) is 2.02. The molecular weight excluding hydrogens is 259 g/mol. The van der Waals surface area contributed by atoms with Gasteiger partial charge in [0.25, 0.3) is 0 Å². The summed E-state index contributed by atoms with van der Waals surface area (Å²) in [7, 11) is 0. The summed E-state index contributed by atoms with van der Waals surface area (Å²) >= 11 is 0. The van der Waals surface area contributed by atoms with E-state index in [1.807, 2.05) is 4.90 Å². The number of carbonyl (C=O) groups is 1. The van der Waals surface area contributed by atoms with Crippen LogP contribution in [0, 0.1) is 5.82 Å². The Kier molecular flexibility index (Phi) is 5.35. The summed E-state index contributed by atoms with van der Waals surface area (Å²) in [6, 6.07) is 4.45. The Morgan fingerprint density at radius 3 is 2.80 bits per heavy atom. The highest BCUT2D eigenvalue weighted by atomic mass is 19.1. The summed E-state index contributed by atoms with van der Waals surface area (Å²) in [4.78, 5) is 13.8. The third-order valence-corrected chi connectivity index (χ3v) is 3.61. The molecule has 1 heterocycles. The zero-order valence-corrected chi connectivity index (χ0v) is 11.6. The average Bonchev–Trinajstić information content (AvgIpc) is 2.48. The highest BCUT2D eigenvalue weighted by Crippen LogP contribution is 2.20. The Morgan fingerprint density at radius 1 is 1.30 bits per heavy atom. The van der Waals surface area contributed by atoms with E-state index in [1.165, 1.54) is 12.5 Å². The number of benzene rings is 1. The maximum atomic E-state index is 13.1. The number of rotatable bonds is 5. The third-order valence-electron chi connectivity index (χ3n) is 3.61. The lowest BCUT2D eigenvalue weighted by Crippen LogP contribution is -2.37. The molecule has 0 aliphatic carbocycles. The number of carbonyl (C=O) groups excluding carboxylic acids is 1. The Morgan fingerprint density at radius 2 is 2.05 bits per heavy atom. The molecule has 1 aliphatic rings. The van der Waals surface area contributed by atoms with Gasteiger partial charge in [-0.25, -0.2) is 4.39 Å². The highest BCUT2D eigenvalue weighted by Gasteiger charge is 2.15. The smallest absolute Gasteiger partial charge is 0.223 e. The van der Waals surface area contributed by atoms with Gasteiger partial charge in [0.1, 0.15) is 0 Å². The van der Waals surface area contributed by atoms with Crippen molar-refractivity contribution in [2.45, 2.75) is 32.2 Å². The largest absolute Gasteiger partial charge is 0.505 e. The van der Waals surface area contributed by atoms with Gasteiger partial charge in [-0.1, -0.05) is 12.1 Å². The van der Waals surface area contributed by atoms with Crippen molar-refractivity contribution in [1.82, 2.24) is 10.2 Å². The Hall–Kier alpha value is -1.62. The SMILES string of the molecule is O=C(CCNCc1cccc(F)c1O)N1CCCCC1. The zero-order valence-electron chi connectivity index (χ0n) is 11.6. The number of aromatic hydroxyl groups is 1. The first-order valence-corrected chi connectivity index (χ1v) is 7.13. The van der Waals surface area contributed by atoms with Crippen LogP contribution in [-0.4, -0.2) is 35.5 Å². The molecule has 0 spiro atoms. The van der Waals surface area contributed by atoms with Crippen molar-refractivity contribution in [3.05, 3.63) is 29.6 Å². The number of halogens is 1. The molecule has 1 aromatic carbocycles. The number of phenols is 1. The fraction of sp³-hybridized carbons (Fsp3) is 0.533. The fourth-order valence-electron chi connectivity index (χ4n) is 2.42. The molecule has 0 unspecified atom stereocenters. The number of para-hydroxylation sites is 1. The summed E-state index contributed by atoms with van der Waals surface area (Å²) in [5.41, 5.74) is 0.510. The average molecular weight is 280 g/mol. The van der Waals surface area contributed by atoms with Gasteiger partial charge in [0.2, 0.25) is 5.91 Å². The molecule has 0 radical (unpaired) electrons. The minimum atomic E-state index is -0.617. The number of hydrogen-bond acceptors (Lipinski definition) is 3. The third kappa shape index (κ3) is 3.93. The monoisotopic (exact) mass is 280 g/mol. The standard InChI is InChI=1S/C15H21FN2O2/c16-13-6-4-5-12(15(13)20)11-17-8-7-14(19)18-9-2-1-3-10-18/h4-6,17,20H,1-3,7-11H2. The summed E-state index contributed by atoms with van der Waals surface area (Å²) in [5.74, 6) is -0.767. The van der Waals surface area contributed by atoms with Crippen molar-refractivity contribution in [3.63, 3.8) is 0 Å². The number of nitrogens with one attached hydrogen (secondary N) is 1. The molecular formula is C15H21FN2O2. The van der Waals surface area contributed by atoms with E-state index in [2.05, 4.69) is 5.32 Å². The van der Waals surface area contributed by atoms with Gasteiger partial charge in [0.15, 0.2) is 11.6 Å². The van der Waals surface area contributed by atoms with Crippen LogP contribution in [0.5, 0.6) is 5.75 Å². The lowest BCUT2D eigenvalue weighted by Gasteiger charge is -2.26. The van der Waals surface area contributed by atoms with Crippen LogP contribution in [-0.2, 0) is 11.3 Å². The van der Waals surface area contributed by atoms with Gasteiger partial charge >= 0.3 is 0 Å². The number of hydrogen-bond donors (Lipinski definition) is 2. The summed E-state index contributed by atoms with van der Waals surface area (Å²) < 4.78 is 13.1. The first-order valence-electron chi connectivity index (χ1n) is 7.13. The highest BCUT2D eigenvalue weighted by molar-refractivity contribution is 5.76. The van der Waals surface area contributed by atoms with Crippen LogP contribution in [0.3, 0.4) is 0 Å². The van der Waals surface area contributed by atoms with Gasteiger partial charge in [0, 0.05) is 38.2 Å². The van der Waals surface area contributed by atoms with Crippen molar-refractivity contribution in [3.8, 4) is 5.75 Å². The number of phenolic OH excluding ortho intramolecular Hbond substituents is 1. The molecule has 2 rings (SSSR count). The maximum absolute atomic E-state index is 13.1. The number of amides is 1. The van der Waals surface area contributed by atoms with Crippen LogP contribution in [0.1, 0.15) is 31.2 Å². The minimum Gasteiger partial charge on any atom is -0.505 e.